The highest BCUT2D eigenvalue weighted by molar-refractivity contribution is 7.19. The molecule has 4 heteroatoms. The first-order valence-electron chi connectivity index (χ1n) is 3.75. The van der Waals surface area contributed by atoms with Gasteiger partial charge in [0.25, 0.3) is 0 Å². The quantitative estimate of drug-likeness (QED) is 0.794. The monoisotopic (exact) mass is 204 g/mol. The van der Waals surface area contributed by atoms with Crippen molar-refractivity contribution < 1.29 is 0 Å². The highest BCUT2D eigenvalue weighted by atomic mass is 35.5. The van der Waals surface area contributed by atoms with E-state index in [1.165, 1.54) is 11.3 Å². The van der Waals surface area contributed by atoms with Crippen LogP contribution in [0.25, 0.3) is 0 Å². The largest absolute Gasteiger partial charge is 0.375 e. The van der Waals surface area contributed by atoms with Crippen LogP contribution < -0.4 is 11.1 Å². The second kappa shape index (κ2) is 3.64. The lowest BCUT2D eigenvalue weighted by Gasteiger charge is -2.18. The molecule has 1 rings (SSSR count). The van der Waals surface area contributed by atoms with E-state index in [1.54, 1.807) is 0 Å². The molecule has 0 spiro atoms. The third kappa shape index (κ3) is 3.43. The summed E-state index contributed by atoms with van der Waals surface area (Å²) in [6, 6.07) is 3.83. The van der Waals surface area contributed by atoms with Gasteiger partial charge in [-0.05, 0) is 26.0 Å². The molecule has 0 aromatic carbocycles. The van der Waals surface area contributed by atoms with Crippen LogP contribution >= 0.6 is 22.9 Å². The Kier molecular flexibility index (Phi) is 2.99. The molecule has 12 heavy (non-hydrogen) atoms. The van der Waals surface area contributed by atoms with Gasteiger partial charge in [-0.25, -0.2) is 0 Å². The van der Waals surface area contributed by atoms with Crippen molar-refractivity contribution in [3.05, 3.63) is 16.5 Å². The van der Waals surface area contributed by atoms with Crippen LogP contribution in [0.5, 0.6) is 0 Å². The Bertz CT molecular complexity index is 252. The minimum absolute atomic E-state index is 0.184. The molecule has 0 saturated carbocycles. The molecule has 68 valence electrons. The molecular formula is C8H13ClN2S. The van der Waals surface area contributed by atoms with E-state index >= 15 is 0 Å². The van der Waals surface area contributed by atoms with Crippen molar-refractivity contribution in [3.8, 4) is 0 Å². The first-order chi connectivity index (χ1) is 5.47. The second-order valence-electron chi connectivity index (χ2n) is 3.45. The van der Waals surface area contributed by atoms with Gasteiger partial charge in [0.05, 0.1) is 9.34 Å². The van der Waals surface area contributed by atoms with Crippen molar-refractivity contribution in [2.24, 2.45) is 5.73 Å². The van der Waals surface area contributed by atoms with Gasteiger partial charge in [0.15, 0.2) is 0 Å². The number of hydrogen-bond acceptors (Lipinski definition) is 3. The van der Waals surface area contributed by atoms with Crippen molar-refractivity contribution in [1.29, 1.82) is 0 Å². The molecule has 0 unspecified atom stereocenters. The van der Waals surface area contributed by atoms with E-state index in [2.05, 4.69) is 5.32 Å². The molecule has 0 fully saturated rings. The average molecular weight is 205 g/mol. The lowest BCUT2D eigenvalue weighted by Crippen LogP contribution is -2.39. The predicted octanol–water partition coefficient (Wildman–Crippen LogP) is 2.55. The van der Waals surface area contributed by atoms with Gasteiger partial charge in [0, 0.05) is 12.1 Å². The Hall–Kier alpha value is -0.250. The van der Waals surface area contributed by atoms with Crippen molar-refractivity contribution in [2.75, 3.05) is 11.9 Å². The molecule has 0 saturated heterocycles. The van der Waals surface area contributed by atoms with E-state index in [0.717, 1.165) is 15.9 Å². The zero-order chi connectivity index (χ0) is 9.19. The highest BCUT2D eigenvalue weighted by Gasteiger charge is 2.09. The minimum Gasteiger partial charge on any atom is -0.375 e. The Morgan fingerprint density at radius 1 is 1.58 bits per heavy atom. The standard InChI is InChI=1S/C8H13ClN2S/c1-8(2,10)5-11-7-4-3-6(9)12-7/h3-4,11H,5,10H2,1-2H3. The Morgan fingerprint density at radius 3 is 2.67 bits per heavy atom. The van der Waals surface area contributed by atoms with Crippen LogP contribution in [0.4, 0.5) is 5.00 Å². The Morgan fingerprint density at radius 2 is 2.25 bits per heavy atom. The lowest BCUT2D eigenvalue weighted by atomic mass is 10.1. The van der Waals surface area contributed by atoms with Crippen LogP contribution in [0.1, 0.15) is 13.8 Å². The van der Waals surface area contributed by atoms with Gasteiger partial charge in [-0.15, -0.1) is 11.3 Å². The molecular weight excluding hydrogens is 192 g/mol. The van der Waals surface area contributed by atoms with Gasteiger partial charge in [-0.1, -0.05) is 11.6 Å². The van der Waals surface area contributed by atoms with Crippen LogP contribution in [0, 0.1) is 0 Å². The number of nitrogens with two attached hydrogens (primary N) is 1. The summed E-state index contributed by atoms with van der Waals surface area (Å²) in [5, 5.41) is 4.28. The van der Waals surface area contributed by atoms with Gasteiger partial charge in [0.1, 0.15) is 0 Å². The van der Waals surface area contributed by atoms with E-state index in [-0.39, 0.29) is 5.54 Å². The summed E-state index contributed by atoms with van der Waals surface area (Å²) in [5.41, 5.74) is 5.62. The summed E-state index contributed by atoms with van der Waals surface area (Å²) in [6.07, 6.45) is 0. The normalized spacial score (nSPS) is 11.7. The fraction of sp³-hybridized carbons (Fsp3) is 0.500. The molecule has 0 amide bonds. The minimum atomic E-state index is -0.184. The molecule has 0 aliphatic carbocycles. The summed E-state index contributed by atoms with van der Waals surface area (Å²) in [6.45, 7) is 4.72. The maximum absolute atomic E-state index is 5.80. The van der Waals surface area contributed by atoms with Crippen molar-refractivity contribution >= 4 is 27.9 Å². The van der Waals surface area contributed by atoms with Crippen LogP contribution in [0.15, 0.2) is 12.1 Å². The Labute approximate surface area is 81.7 Å². The summed E-state index contributed by atoms with van der Waals surface area (Å²) in [4.78, 5) is 0. The molecule has 0 aliphatic rings. The lowest BCUT2D eigenvalue weighted by molar-refractivity contribution is 0.550. The SMILES string of the molecule is CC(C)(N)CNc1ccc(Cl)s1. The Balaban J connectivity index is 2.44. The third-order valence-corrected chi connectivity index (χ3v) is 2.48. The zero-order valence-electron chi connectivity index (χ0n) is 7.23. The third-order valence-electron chi connectivity index (χ3n) is 1.29. The van der Waals surface area contributed by atoms with Crippen molar-refractivity contribution in [1.82, 2.24) is 0 Å². The van der Waals surface area contributed by atoms with Crippen LogP contribution in [-0.2, 0) is 0 Å². The first kappa shape index (κ1) is 9.84. The highest BCUT2D eigenvalue weighted by Crippen LogP contribution is 2.25. The molecule has 1 aromatic rings. The number of anilines is 1. The fourth-order valence-corrected chi connectivity index (χ4v) is 1.66. The van der Waals surface area contributed by atoms with Crippen molar-refractivity contribution in [3.63, 3.8) is 0 Å². The van der Waals surface area contributed by atoms with E-state index in [1.807, 2.05) is 26.0 Å². The molecule has 0 atom stereocenters. The molecule has 1 aromatic heterocycles. The smallest absolute Gasteiger partial charge is 0.0950 e. The molecule has 0 bridgehead atoms. The summed E-state index contributed by atoms with van der Waals surface area (Å²) < 4.78 is 0.798. The first-order valence-corrected chi connectivity index (χ1v) is 4.95. The molecule has 2 nitrogen and oxygen atoms in total. The summed E-state index contributed by atoms with van der Waals surface area (Å²) in [7, 11) is 0. The maximum atomic E-state index is 5.80. The number of nitrogens with one attached hydrogen (secondary N) is 1. The van der Waals surface area contributed by atoms with Crippen LogP contribution in [0.2, 0.25) is 4.34 Å². The van der Waals surface area contributed by atoms with Gasteiger partial charge in [-0.3, -0.25) is 0 Å². The fourth-order valence-electron chi connectivity index (χ4n) is 0.724. The van der Waals surface area contributed by atoms with E-state index in [9.17, 15) is 0 Å². The second-order valence-corrected chi connectivity index (χ2v) is 5.16. The van der Waals surface area contributed by atoms with E-state index in [0.29, 0.717) is 0 Å². The van der Waals surface area contributed by atoms with Gasteiger partial charge in [-0.2, -0.15) is 0 Å². The topological polar surface area (TPSA) is 38.0 Å². The summed E-state index contributed by atoms with van der Waals surface area (Å²) >= 11 is 7.28. The van der Waals surface area contributed by atoms with E-state index in [4.69, 9.17) is 17.3 Å². The zero-order valence-corrected chi connectivity index (χ0v) is 8.80. The van der Waals surface area contributed by atoms with Gasteiger partial charge < -0.3 is 11.1 Å². The van der Waals surface area contributed by atoms with Gasteiger partial charge in [0.2, 0.25) is 0 Å². The molecule has 3 N–H and O–H groups in total. The van der Waals surface area contributed by atoms with Gasteiger partial charge >= 0.3 is 0 Å². The molecule has 0 aliphatic heterocycles. The van der Waals surface area contributed by atoms with Crippen LogP contribution in [0.3, 0.4) is 0 Å². The number of halogens is 1. The molecule has 1 heterocycles. The predicted molar refractivity (Wildman–Crippen MR) is 56.1 cm³/mol. The molecule has 0 radical (unpaired) electrons. The van der Waals surface area contributed by atoms with Crippen molar-refractivity contribution in [2.45, 2.75) is 19.4 Å². The number of rotatable bonds is 3. The number of thiophene rings is 1. The van der Waals surface area contributed by atoms with Crippen LogP contribution in [-0.4, -0.2) is 12.1 Å². The summed E-state index contributed by atoms with van der Waals surface area (Å²) in [5.74, 6) is 0. The number of hydrogen-bond donors (Lipinski definition) is 2. The maximum Gasteiger partial charge on any atom is 0.0950 e. The average Bonchev–Trinajstić information content (AvgIpc) is 2.30. The van der Waals surface area contributed by atoms with E-state index < -0.39 is 0 Å².